The fraction of sp³-hybridized carbons (Fsp3) is 0.286. The second-order valence-electron chi connectivity index (χ2n) is 6.37. The van der Waals surface area contributed by atoms with Crippen LogP contribution in [0.3, 0.4) is 0 Å². The molecule has 0 spiro atoms. The van der Waals surface area contributed by atoms with E-state index < -0.39 is 0 Å². The lowest BCUT2D eigenvalue weighted by Crippen LogP contribution is -2.25. The standard InChI is InChI=1S/C21H24N2O/c1-15(2)20(17-9-11-19(24-3)12-10-17)23-14-18-7-4-6-16-8-5-13-22-21(16)18/h4-13,15,20,23H,14H2,1-3H3. The van der Waals surface area contributed by atoms with Gasteiger partial charge in [-0.1, -0.05) is 50.2 Å². The molecule has 3 rings (SSSR count). The number of methoxy groups -OCH3 is 1. The SMILES string of the molecule is COc1ccc(C(NCc2cccc3cccnc23)C(C)C)cc1. The molecule has 1 atom stereocenters. The average molecular weight is 320 g/mol. The summed E-state index contributed by atoms with van der Waals surface area (Å²) in [7, 11) is 1.70. The third-order valence-electron chi connectivity index (χ3n) is 4.37. The number of nitrogens with zero attached hydrogens (tertiary/aromatic N) is 1. The molecule has 0 fully saturated rings. The van der Waals surface area contributed by atoms with E-state index in [2.05, 4.69) is 60.5 Å². The predicted octanol–water partition coefficient (Wildman–Crippen LogP) is 4.73. The van der Waals surface area contributed by atoms with E-state index in [0.717, 1.165) is 17.8 Å². The van der Waals surface area contributed by atoms with Crippen molar-refractivity contribution in [2.75, 3.05) is 7.11 Å². The molecule has 0 amide bonds. The summed E-state index contributed by atoms with van der Waals surface area (Å²) in [6.45, 7) is 5.27. The summed E-state index contributed by atoms with van der Waals surface area (Å²) in [6, 6.07) is 19.0. The number of pyridine rings is 1. The average Bonchev–Trinajstić information content (AvgIpc) is 2.62. The van der Waals surface area contributed by atoms with Gasteiger partial charge in [0.25, 0.3) is 0 Å². The van der Waals surface area contributed by atoms with Gasteiger partial charge in [0.15, 0.2) is 0 Å². The minimum atomic E-state index is 0.287. The molecule has 0 aliphatic carbocycles. The van der Waals surface area contributed by atoms with Crippen molar-refractivity contribution >= 4 is 10.9 Å². The number of fused-ring (bicyclic) bond motifs is 1. The number of nitrogens with one attached hydrogen (secondary N) is 1. The van der Waals surface area contributed by atoms with Gasteiger partial charge in [0.05, 0.1) is 12.6 Å². The van der Waals surface area contributed by atoms with Gasteiger partial charge in [-0.25, -0.2) is 0 Å². The lowest BCUT2D eigenvalue weighted by Gasteiger charge is -2.23. The zero-order valence-corrected chi connectivity index (χ0v) is 14.5. The zero-order chi connectivity index (χ0) is 16.9. The first kappa shape index (κ1) is 16.5. The lowest BCUT2D eigenvalue weighted by atomic mass is 9.95. The molecule has 0 radical (unpaired) electrons. The van der Waals surface area contributed by atoms with Crippen LogP contribution in [0.1, 0.15) is 31.0 Å². The highest BCUT2D eigenvalue weighted by atomic mass is 16.5. The number of para-hydroxylation sites is 1. The van der Waals surface area contributed by atoms with Crippen LogP contribution in [0.25, 0.3) is 10.9 Å². The molecule has 3 aromatic rings. The Morgan fingerprint density at radius 2 is 1.75 bits per heavy atom. The van der Waals surface area contributed by atoms with Crippen LogP contribution in [-0.2, 0) is 6.54 Å². The Bertz CT molecular complexity index is 791. The smallest absolute Gasteiger partial charge is 0.118 e. The summed E-state index contributed by atoms with van der Waals surface area (Å²) in [5, 5.41) is 4.88. The van der Waals surface area contributed by atoms with Crippen LogP contribution in [-0.4, -0.2) is 12.1 Å². The van der Waals surface area contributed by atoms with Crippen molar-refractivity contribution in [1.82, 2.24) is 10.3 Å². The van der Waals surface area contributed by atoms with E-state index in [-0.39, 0.29) is 6.04 Å². The lowest BCUT2D eigenvalue weighted by molar-refractivity contribution is 0.404. The summed E-state index contributed by atoms with van der Waals surface area (Å²) < 4.78 is 5.26. The number of aromatic nitrogens is 1. The molecule has 124 valence electrons. The number of hydrogen-bond acceptors (Lipinski definition) is 3. The molecule has 2 aromatic carbocycles. The van der Waals surface area contributed by atoms with Crippen molar-refractivity contribution in [3.8, 4) is 5.75 Å². The molecule has 1 heterocycles. The van der Waals surface area contributed by atoms with Crippen LogP contribution in [0, 0.1) is 5.92 Å². The minimum absolute atomic E-state index is 0.287. The topological polar surface area (TPSA) is 34.1 Å². The largest absolute Gasteiger partial charge is 0.497 e. The first-order valence-electron chi connectivity index (χ1n) is 8.39. The van der Waals surface area contributed by atoms with Crippen LogP contribution in [0.4, 0.5) is 0 Å². The minimum Gasteiger partial charge on any atom is -0.497 e. The predicted molar refractivity (Wildman–Crippen MR) is 99.2 cm³/mol. The molecule has 0 aliphatic heterocycles. The molecule has 1 aromatic heterocycles. The third-order valence-corrected chi connectivity index (χ3v) is 4.37. The highest BCUT2D eigenvalue weighted by Crippen LogP contribution is 2.25. The van der Waals surface area contributed by atoms with Crippen molar-refractivity contribution in [3.05, 3.63) is 71.9 Å². The van der Waals surface area contributed by atoms with Gasteiger partial charge in [-0.3, -0.25) is 4.98 Å². The first-order valence-corrected chi connectivity index (χ1v) is 8.39. The van der Waals surface area contributed by atoms with Crippen LogP contribution in [0.5, 0.6) is 5.75 Å². The summed E-state index contributed by atoms with van der Waals surface area (Å²) in [5.74, 6) is 1.38. The number of ether oxygens (including phenoxy) is 1. The van der Waals surface area contributed by atoms with Crippen molar-refractivity contribution in [2.45, 2.75) is 26.4 Å². The van der Waals surface area contributed by atoms with E-state index in [1.54, 1.807) is 7.11 Å². The molecule has 1 N–H and O–H groups in total. The van der Waals surface area contributed by atoms with Gasteiger partial charge in [0.2, 0.25) is 0 Å². The Morgan fingerprint density at radius 1 is 1.00 bits per heavy atom. The van der Waals surface area contributed by atoms with E-state index >= 15 is 0 Å². The fourth-order valence-corrected chi connectivity index (χ4v) is 3.08. The van der Waals surface area contributed by atoms with E-state index in [0.29, 0.717) is 5.92 Å². The van der Waals surface area contributed by atoms with Crippen LogP contribution in [0.15, 0.2) is 60.8 Å². The van der Waals surface area contributed by atoms with Crippen molar-refractivity contribution in [3.63, 3.8) is 0 Å². The summed E-state index contributed by atoms with van der Waals surface area (Å²) >= 11 is 0. The Hall–Kier alpha value is -2.39. The zero-order valence-electron chi connectivity index (χ0n) is 14.5. The van der Waals surface area contributed by atoms with Crippen LogP contribution >= 0.6 is 0 Å². The summed E-state index contributed by atoms with van der Waals surface area (Å²) in [5.41, 5.74) is 3.58. The second-order valence-corrected chi connectivity index (χ2v) is 6.37. The maximum Gasteiger partial charge on any atom is 0.118 e. The van der Waals surface area contributed by atoms with Gasteiger partial charge in [-0.2, -0.15) is 0 Å². The van der Waals surface area contributed by atoms with E-state index in [1.807, 2.05) is 24.4 Å². The Balaban J connectivity index is 1.80. The molecular weight excluding hydrogens is 296 g/mol. The van der Waals surface area contributed by atoms with Gasteiger partial charge < -0.3 is 10.1 Å². The van der Waals surface area contributed by atoms with Gasteiger partial charge in [-0.15, -0.1) is 0 Å². The molecule has 0 aliphatic rings. The van der Waals surface area contributed by atoms with Crippen LogP contribution in [0.2, 0.25) is 0 Å². The van der Waals surface area contributed by atoms with E-state index in [4.69, 9.17) is 4.74 Å². The Labute approximate surface area is 143 Å². The maximum absolute atomic E-state index is 5.26. The first-order chi connectivity index (χ1) is 11.7. The van der Waals surface area contributed by atoms with Gasteiger partial charge in [-0.05, 0) is 35.2 Å². The van der Waals surface area contributed by atoms with E-state index in [9.17, 15) is 0 Å². The van der Waals surface area contributed by atoms with Crippen molar-refractivity contribution in [1.29, 1.82) is 0 Å². The van der Waals surface area contributed by atoms with E-state index in [1.165, 1.54) is 16.5 Å². The molecule has 0 bridgehead atoms. The number of benzene rings is 2. The maximum atomic E-state index is 5.26. The fourth-order valence-electron chi connectivity index (χ4n) is 3.08. The molecule has 1 unspecified atom stereocenters. The summed E-state index contributed by atoms with van der Waals surface area (Å²) in [6.07, 6.45) is 1.86. The highest BCUT2D eigenvalue weighted by Gasteiger charge is 2.16. The summed E-state index contributed by atoms with van der Waals surface area (Å²) in [4.78, 5) is 4.54. The molecule has 24 heavy (non-hydrogen) atoms. The Kier molecular flexibility index (Phi) is 5.11. The number of rotatable bonds is 6. The Morgan fingerprint density at radius 3 is 2.46 bits per heavy atom. The highest BCUT2D eigenvalue weighted by molar-refractivity contribution is 5.81. The van der Waals surface area contributed by atoms with Gasteiger partial charge in [0.1, 0.15) is 5.75 Å². The normalized spacial score (nSPS) is 12.5. The van der Waals surface area contributed by atoms with Crippen molar-refractivity contribution in [2.24, 2.45) is 5.92 Å². The molecular formula is C21H24N2O. The third kappa shape index (κ3) is 3.57. The molecule has 0 saturated heterocycles. The van der Waals surface area contributed by atoms with Crippen LogP contribution < -0.4 is 10.1 Å². The molecule has 3 heteroatoms. The second kappa shape index (κ2) is 7.45. The van der Waals surface area contributed by atoms with Gasteiger partial charge in [0, 0.05) is 24.2 Å². The quantitative estimate of drug-likeness (QED) is 0.713. The van der Waals surface area contributed by atoms with Crippen molar-refractivity contribution < 1.29 is 4.74 Å². The molecule has 0 saturated carbocycles. The van der Waals surface area contributed by atoms with Gasteiger partial charge >= 0.3 is 0 Å². The monoisotopic (exact) mass is 320 g/mol. The molecule has 3 nitrogen and oxygen atoms in total. The number of hydrogen-bond donors (Lipinski definition) is 1.